The van der Waals surface area contributed by atoms with E-state index in [1.807, 2.05) is 6.07 Å². The third-order valence-electron chi connectivity index (χ3n) is 4.03. The first-order chi connectivity index (χ1) is 12.1. The van der Waals surface area contributed by atoms with E-state index in [0.29, 0.717) is 22.2 Å². The van der Waals surface area contributed by atoms with Crippen LogP contribution in [0.2, 0.25) is 10.0 Å². The minimum atomic E-state index is -0.497. The highest BCUT2D eigenvalue weighted by molar-refractivity contribution is 6.34. The van der Waals surface area contributed by atoms with Crippen molar-refractivity contribution in [3.8, 4) is 22.3 Å². The van der Waals surface area contributed by atoms with Crippen LogP contribution in [0.4, 0.5) is 8.78 Å². The van der Waals surface area contributed by atoms with Crippen LogP contribution >= 0.6 is 23.2 Å². The van der Waals surface area contributed by atoms with Crippen LogP contribution in [0.25, 0.3) is 27.8 Å². The molecule has 25 heavy (non-hydrogen) atoms. The molecule has 6 heteroatoms. The molecule has 0 atom stereocenters. The molecule has 0 fully saturated rings. The van der Waals surface area contributed by atoms with Crippen LogP contribution < -0.4 is 0 Å². The lowest BCUT2D eigenvalue weighted by atomic mass is 10.0. The zero-order valence-corrected chi connectivity index (χ0v) is 14.2. The summed E-state index contributed by atoms with van der Waals surface area (Å²) in [7, 11) is 0. The highest BCUT2D eigenvalue weighted by Crippen LogP contribution is 2.35. The molecule has 0 aliphatic heterocycles. The number of hydrogen-bond donors (Lipinski definition) is 0. The number of hydrogen-bond acceptors (Lipinski definition) is 1. The Kier molecular flexibility index (Phi) is 3.94. The molecule has 2 heterocycles. The van der Waals surface area contributed by atoms with Gasteiger partial charge in [0, 0.05) is 22.9 Å². The van der Waals surface area contributed by atoms with Gasteiger partial charge in [-0.3, -0.25) is 0 Å². The van der Waals surface area contributed by atoms with Gasteiger partial charge in [-0.2, -0.15) is 5.10 Å². The van der Waals surface area contributed by atoms with Gasteiger partial charge in [0.2, 0.25) is 0 Å². The van der Waals surface area contributed by atoms with Crippen LogP contribution in [-0.4, -0.2) is 9.61 Å². The summed E-state index contributed by atoms with van der Waals surface area (Å²) in [5.74, 6) is -0.983. The van der Waals surface area contributed by atoms with E-state index >= 15 is 0 Å². The first kappa shape index (κ1) is 16.1. The second-order valence-electron chi connectivity index (χ2n) is 5.51. The average Bonchev–Trinajstić information content (AvgIpc) is 3.03. The molecule has 2 aromatic carbocycles. The summed E-state index contributed by atoms with van der Waals surface area (Å²) < 4.78 is 29.2. The van der Waals surface area contributed by atoms with Crippen LogP contribution in [0.1, 0.15) is 0 Å². The van der Waals surface area contributed by atoms with E-state index in [2.05, 4.69) is 5.10 Å². The summed E-state index contributed by atoms with van der Waals surface area (Å²) in [4.78, 5) is 0. The molecule has 0 aliphatic rings. The lowest BCUT2D eigenvalue weighted by molar-refractivity contribution is 0.628. The molecule has 0 unspecified atom stereocenters. The van der Waals surface area contributed by atoms with Crippen LogP contribution in [0, 0.1) is 11.6 Å². The van der Waals surface area contributed by atoms with E-state index in [9.17, 15) is 8.78 Å². The second-order valence-corrected chi connectivity index (χ2v) is 6.26. The van der Waals surface area contributed by atoms with E-state index in [1.165, 1.54) is 12.1 Å². The molecule has 0 spiro atoms. The lowest BCUT2D eigenvalue weighted by Gasteiger charge is -2.08. The third-order valence-corrected chi connectivity index (χ3v) is 4.79. The summed E-state index contributed by atoms with van der Waals surface area (Å²) in [5.41, 5.74) is 3.23. The summed E-state index contributed by atoms with van der Waals surface area (Å²) in [6.07, 6.45) is 3.36. The number of aromatic nitrogens is 2. The van der Waals surface area contributed by atoms with Crippen molar-refractivity contribution < 1.29 is 8.78 Å². The Balaban J connectivity index is 1.94. The van der Waals surface area contributed by atoms with Gasteiger partial charge in [-0.15, -0.1) is 0 Å². The average molecular weight is 375 g/mol. The zero-order valence-electron chi connectivity index (χ0n) is 12.7. The maximum Gasteiger partial charge on any atom is 0.142 e. The smallest absolute Gasteiger partial charge is 0.142 e. The largest absolute Gasteiger partial charge is 0.240 e. The van der Waals surface area contributed by atoms with Crippen molar-refractivity contribution in [1.82, 2.24) is 9.61 Å². The zero-order chi connectivity index (χ0) is 17.6. The van der Waals surface area contributed by atoms with Crippen LogP contribution in [0.5, 0.6) is 0 Å². The maximum absolute atomic E-state index is 13.8. The Labute approximate surface area is 152 Å². The van der Waals surface area contributed by atoms with Crippen molar-refractivity contribution in [3.05, 3.63) is 82.6 Å². The normalized spacial score (nSPS) is 11.2. The molecule has 2 aromatic heterocycles. The molecule has 0 amide bonds. The van der Waals surface area contributed by atoms with Crippen LogP contribution in [0.15, 0.2) is 60.9 Å². The highest BCUT2D eigenvalue weighted by atomic mass is 35.5. The molecule has 0 aliphatic carbocycles. The van der Waals surface area contributed by atoms with Gasteiger partial charge >= 0.3 is 0 Å². The van der Waals surface area contributed by atoms with Crippen LogP contribution in [0.3, 0.4) is 0 Å². The number of nitrogens with zero attached hydrogens (tertiary/aromatic N) is 2. The van der Waals surface area contributed by atoms with Gasteiger partial charge in [-0.05, 0) is 29.8 Å². The van der Waals surface area contributed by atoms with Crippen molar-refractivity contribution in [3.63, 3.8) is 0 Å². The fourth-order valence-corrected chi connectivity index (χ4v) is 3.26. The summed E-state index contributed by atoms with van der Waals surface area (Å²) in [6.45, 7) is 0. The Bertz CT molecular complexity index is 1110. The van der Waals surface area contributed by atoms with Gasteiger partial charge in [-0.25, -0.2) is 13.3 Å². The van der Waals surface area contributed by atoms with E-state index in [4.69, 9.17) is 23.2 Å². The molecular formula is C19H10Cl2F2N2. The van der Waals surface area contributed by atoms with Gasteiger partial charge in [0.1, 0.15) is 11.6 Å². The Morgan fingerprint density at radius 3 is 2.16 bits per heavy atom. The van der Waals surface area contributed by atoms with Gasteiger partial charge in [-0.1, -0.05) is 47.5 Å². The molecule has 0 saturated heterocycles. The predicted molar refractivity (Wildman–Crippen MR) is 96.0 cm³/mol. The number of fused-ring (bicyclic) bond motifs is 1. The summed E-state index contributed by atoms with van der Waals surface area (Å²) in [5, 5.41) is 4.36. The number of rotatable bonds is 2. The van der Waals surface area contributed by atoms with Crippen molar-refractivity contribution in [2.24, 2.45) is 0 Å². The minimum Gasteiger partial charge on any atom is -0.240 e. The maximum atomic E-state index is 13.8. The van der Waals surface area contributed by atoms with Crippen molar-refractivity contribution in [2.45, 2.75) is 0 Å². The highest BCUT2D eigenvalue weighted by Gasteiger charge is 2.15. The Morgan fingerprint density at radius 1 is 0.800 bits per heavy atom. The third kappa shape index (κ3) is 2.68. The van der Waals surface area contributed by atoms with E-state index in [-0.39, 0.29) is 10.0 Å². The first-order valence-electron chi connectivity index (χ1n) is 7.42. The molecule has 2 nitrogen and oxygen atoms in total. The molecule has 4 aromatic rings. The molecule has 4 rings (SSSR count). The quantitative estimate of drug-likeness (QED) is 0.405. The lowest BCUT2D eigenvalue weighted by Crippen LogP contribution is -1.90. The van der Waals surface area contributed by atoms with Gasteiger partial charge in [0.15, 0.2) is 0 Å². The predicted octanol–water partition coefficient (Wildman–Crippen LogP) is 6.25. The van der Waals surface area contributed by atoms with Crippen LogP contribution in [-0.2, 0) is 0 Å². The number of benzene rings is 2. The number of pyridine rings is 1. The van der Waals surface area contributed by atoms with E-state index in [1.54, 1.807) is 47.2 Å². The topological polar surface area (TPSA) is 17.3 Å². The monoisotopic (exact) mass is 374 g/mol. The number of halogens is 4. The molecular weight excluding hydrogens is 365 g/mol. The van der Waals surface area contributed by atoms with Gasteiger partial charge in [0.25, 0.3) is 0 Å². The van der Waals surface area contributed by atoms with Crippen molar-refractivity contribution in [2.75, 3.05) is 0 Å². The van der Waals surface area contributed by atoms with E-state index in [0.717, 1.165) is 5.56 Å². The standard InChI is InChI=1S/C19H10Cl2F2N2/c20-18-12(3-1-5-15(18)22)11-7-8-25-17(9-11)14(10-24-25)13-4-2-6-16(23)19(13)21/h1-10H. The van der Waals surface area contributed by atoms with Crippen molar-refractivity contribution >= 4 is 28.7 Å². The SMILES string of the molecule is Fc1cccc(-c2ccn3ncc(-c4cccc(F)c4Cl)c3c2)c1Cl. The fraction of sp³-hybridized carbons (Fsp3) is 0. The van der Waals surface area contributed by atoms with E-state index < -0.39 is 11.6 Å². The second kappa shape index (κ2) is 6.14. The molecule has 0 saturated carbocycles. The molecule has 0 N–H and O–H groups in total. The van der Waals surface area contributed by atoms with Gasteiger partial charge < -0.3 is 0 Å². The molecule has 0 bridgehead atoms. The fourth-order valence-electron chi connectivity index (χ4n) is 2.79. The summed E-state index contributed by atoms with van der Waals surface area (Å²) in [6, 6.07) is 12.9. The first-order valence-corrected chi connectivity index (χ1v) is 8.18. The summed E-state index contributed by atoms with van der Waals surface area (Å²) >= 11 is 12.2. The Morgan fingerprint density at radius 2 is 1.44 bits per heavy atom. The molecule has 124 valence electrons. The molecule has 0 radical (unpaired) electrons. The van der Waals surface area contributed by atoms with Crippen molar-refractivity contribution in [1.29, 1.82) is 0 Å². The Hall–Kier alpha value is -2.43. The van der Waals surface area contributed by atoms with Gasteiger partial charge in [0.05, 0.1) is 21.8 Å². The minimum absolute atomic E-state index is 0.0339.